The molecule has 0 amide bonds. The number of esters is 1. The van der Waals surface area contributed by atoms with E-state index in [9.17, 15) is 4.79 Å². The summed E-state index contributed by atoms with van der Waals surface area (Å²) in [6.07, 6.45) is 0.664. The molecule has 0 aliphatic carbocycles. The van der Waals surface area contributed by atoms with Gasteiger partial charge in [-0.25, -0.2) is 4.79 Å². The maximum absolute atomic E-state index is 11.0. The predicted octanol–water partition coefficient (Wildman–Crippen LogP) is 2.15. The van der Waals surface area contributed by atoms with Crippen molar-refractivity contribution in [2.45, 2.75) is 27.2 Å². The lowest BCUT2D eigenvalue weighted by Crippen LogP contribution is -2.10. The van der Waals surface area contributed by atoms with Gasteiger partial charge < -0.3 is 4.74 Å². The Morgan fingerprint density at radius 1 is 1.55 bits per heavy atom. The molecular formula is C9H16O2. The second-order valence-electron chi connectivity index (χ2n) is 2.95. The van der Waals surface area contributed by atoms with Crippen molar-refractivity contribution in [3.05, 3.63) is 12.2 Å². The molecule has 0 saturated heterocycles. The Morgan fingerprint density at radius 2 is 2.09 bits per heavy atom. The molecular weight excluding hydrogens is 140 g/mol. The van der Waals surface area contributed by atoms with Crippen molar-refractivity contribution < 1.29 is 9.53 Å². The van der Waals surface area contributed by atoms with Gasteiger partial charge in [0, 0.05) is 5.57 Å². The molecule has 0 N–H and O–H groups in total. The lowest BCUT2D eigenvalue weighted by molar-refractivity contribution is -0.140. The fraction of sp³-hybridized carbons (Fsp3) is 0.667. The number of ether oxygens (including phenoxy) is 1. The molecule has 0 saturated carbocycles. The van der Waals surface area contributed by atoms with Crippen LogP contribution >= 0.6 is 0 Å². The molecule has 0 aliphatic rings. The van der Waals surface area contributed by atoms with Gasteiger partial charge in [0.25, 0.3) is 0 Å². The van der Waals surface area contributed by atoms with Crippen LogP contribution in [0.5, 0.6) is 0 Å². The van der Waals surface area contributed by atoms with Crippen LogP contribution in [0.15, 0.2) is 12.2 Å². The number of hydrogen-bond donors (Lipinski definition) is 0. The standard InChI is InChI=1S/C9H16O2/c1-5-8(4)9(10)11-6-7(2)3/h7H,4-6H2,1-3H3. The summed E-state index contributed by atoms with van der Waals surface area (Å²) in [5.41, 5.74) is 0.547. The third-order valence-corrected chi connectivity index (χ3v) is 1.26. The molecule has 2 heteroatoms. The van der Waals surface area contributed by atoms with E-state index in [0.717, 1.165) is 0 Å². The molecule has 0 atom stereocenters. The normalized spacial score (nSPS) is 9.82. The van der Waals surface area contributed by atoms with Crippen molar-refractivity contribution in [3.63, 3.8) is 0 Å². The molecule has 0 unspecified atom stereocenters. The minimum atomic E-state index is -0.263. The smallest absolute Gasteiger partial charge is 0.333 e. The molecule has 0 aromatic heterocycles. The van der Waals surface area contributed by atoms with E-state index in [-0.39, 0.29) is 5.97 Å². The van der Waals surface area contributed by atoms with Crippen molar-refractivity contribution in [1.82, 2.24) is 0 Å². The van der Waals surface area contributed by atoms with Crippen molar-refractivity contribution >= 4 is 5.97 Å². The van der Waals surface area contributed by atoms with Gasteiger partial charge >= 0.3 is 5.97 Å². The second-order valence-corrected chi connectivity index (χ2v) is 2.95. The van der Waals surface area contributed by atoms with E-state index < -0.39 is 0 Å². The van der Waals surface area contributed by atoms with Gasteiger partial charge in [0.05, 0.1) is 6.61 Å². The lowest BCUT2D eigenvalue weighted by Gasteiger charge is -2.06. The summed E-state index contributed by atoms with van der Waals surface area (Å²) in [7, 11) is 0. The predicted molar refractivity (Wildman–Crippen MR) is 45.2 cm³/mol. The first-order valence-corrected chi connectivity index (χ1v) is 3.92. The average Bonchev–Trinajstić information content (AvgIpc) is 1.98. The van der Waals surface area contributed by atoms with Crippen LogP contribution in [-0.2, 0) is 9.53 Å². The molecule has 0 heterocycles. The second kappa shape index (κ2) is 4.94. The SMILES string of the molecule is C=C(CC)C(=O)OCC(C)C. The fourth-order valence-corrected chi connectivity index (χ4v) is 0.489. The number of carbonyl (C=O) groups is 1. The summed E-state index contributed by atoms with van der Waals surface area (Å²) in [5.74, 6) is 0.129. The first-order chi connectivity index (χ1) is 5.07. The van der Waals surface area contributed by atoms with Crippen molar-refractivity contribution in [2.75, 3.05) is 6.61 Å². The third-order valence-electron chi connectivity index (χ3n) is 1.26. The van der Waals surface area contributed by atoms with Gasteiger partial charge in [-0.15, -0.1) is 0 Å². The summed E-state index contributed by atoms with van der Waals surface area (Å²) in [6, 6.07) is 0. The van der Waals surface area contributed by atoms with Gasteiger partial charge in [-0.2, -0.15) is 0 Å². The van der Waals surface area contributed by atoms with E-state index >= 15 is 0 Å². The lowest BCUT2D eigenvalue weighted by atomic mass is 10.2. The van der Waals surface area contributed by atoms with E-state index in [1.807, 2.05) is 20.8 Å². The summed E-state index contributed by atoms with van der Waals surface area (Å²) < 4.78 is 4.92. The highest BCUT2D eigenvalue weighted by molar-refractivity contribution is 5.87. The van der Waals surface area contributed by atoms with Crippen LogP contribution < -0.4 is 0 Å². The van der Waals surface area contributed by atoms with Crippen LogP contribution in [0.3, 0.4) is 0 Å². The van der Waals surface area contributed by atoms with Gasteiger partial charge in [-0.05, 0) is 12.3 Å². The van der Waals surface area contributed by atoms with Crippen LogP contribution in [0, 0.1) is 5.92 Å². The molecule has 2 nitrogen and oxygen atoms in total. The van der Waals surface area contributed by atoms with E-state index in [2.05, 4.69) is 6.58 Å². The zero-order valence-corrected chi connectivity index (χ0v) is 7.52. The van der Waals surface area contributed by atoms with E-state index in [1.165, 1.54) is 0 Å². The quantitative estimate of drug-likeness (QED) is 0.460. The number of rotatable bonds is 4. The van der Waals surface area contributed by atoms with Gasteiger partial charge in [0.1, 0.15) is 0 Å². The maximum atomic E-state index is 11.0. The van der Waals surface area contributed by atoms with Crippen molar-refractivity contribution in [3.8, 4) is 0 Å². The fourth-order valence-electron chi connectivity index (χ4n) is 0.489. The molecule has 0 spiro atoms. The molecule has 0 fully saturated rings. The van der Waals surface area contributed by atoms with Crippen LogP contribution in [0.1, 0.15) is 27.2 Å². The monoisotopic (exact) mass is 156 g/mol. The topological polar surface area (TPSA) is 26.3 Å². The number of hydrogen-bond acceptors (Lipinski definition) is 2. The molecule has 0 aliphatic heterocycles. The van der Waals surface area contributed by atoms with E-state index in [1.54, 1.807) is 0 Å². The Kier molecular flexibility index (Phi) is 4.59. The van der Waals surface area contributed by atoms with E-state index in [4.69, 9.17) is 4.74 Å². The Morgan fingerprint density at radius 3 is 2.45 bits per heavy atom. The van der Waals surface area contributed by atoms with Gasteiger partial charge in [0.2, 0.25) is 0 Å². The molecule has 0 bridgehead atoms. The van der Waals surface area contributed by atoms with Crippen molar-refractivity contribution in [2.24, 2.45) is 5.92 Å². The van der Waals surface area contributed by atoms with Crippen LogP contribution in [0.2, 0.25) is 0 Å². The number of carbonyl (C=O) groups excluding carboxylic acids is 1. The highest BCUT2D eigenvalue weighted by atomic mass is 16.5. The highest BCUT2D eigenvalue weighted by Gasteiger charge is 2.06. The Bertz CT molecular complexity index is 148. The first kappa shape index (κ1) is 10.2. The summed E-state index contributed by atoms with van der Waals surface area (Å²) >= 11 is 0. The first-order valence-electron chi connectivity index (χ1n) is 3.92. The molecule has 0 aromatic carbocycles. The molecule has 11 heavy (non-hydrogen) atoms. The molecule has 0 radical (unpaired) electrons. The zero-order chi connectivity index (χ0) is 8.85. The summed E-state index contributed by atoms with van der Waals surface area (Å²) in [4.78, 5) is 11.0. The Labute approximate surface area is 68.2 Å². The minimum Gasteiger partial charge on any atom is -0.462 e. The largest absolute Gasteiger partial charge is 0.462 e. The minimum absolute atomic E-state index is 0.263. The Hall–Kier alpha value is -0.790. The van der Waals surface area contributed by atoms with Gasteiger partial charge in [-0.3, -0.25) is 0 Å². The third kappa shape index (κ3) is 4.59. The average molecular weight is 156 g/mol. The molecule has 64 valence electrons. The zero-order valence-electron chi connectivity index (χ0n) is 7.52. The Balaban J connectivity index is 3.61. The van der Waals surface area contributed by atoms with E-state index in [0.29, 0.717) is 24.5 Å². The van der Waals surface area contributed by atoms with Gasteiger partial charge in [-0.1, -0.05) is 27.4 Å². The van der Waals surface area contributed by atoms with Crippen LogP contribution in [-0.4, -0.2) is 12.6 Å². The van der Waals surface area contributed by atoms with Crippen molar-refractivity contribution in [1.29, 1.82) is 0 Å². The summed E-state index contributed by atoms with van der Waals surface area (Å²) in [6.45, 7) is 9.95. The maximum Gasteiger partial charge on any atom is 0.333 e. The molecule has 0 rings (SSSR count). The highest BCUT2D eigenvalue weighted by Crippen LogP contribution is 2.01. The van der Waals surface area contributed by atoms with Crippen LogP contribution in [0.25, 0.3) is 0 Å². The molecule has 0 aromatic rings. The van der Waals surface area contributed by atoms with Crippen LogP contribution in [0.4, 0.5) is 0 Å². The summed E-state index contributed by atoms with van der Waals surface area (Å²) in [5, 5.41) is 0. The van der Waals surface area contributed by atoms with Gasteiger partial charge in [0.15, 0.2) is 0 Å².